The van der Waals surface area contributed by atoms with E-state index in [4.69, 9.17) is 19.9 Å². The third-order valence-corrected chi connectivity index (χ3v) is 12.5. The number of nitrogens with two attached hydrogens (primary N) is 1. The third kappa shape index (κ3) is 7.91. The summed E-state index contributed by atoms with van der Waals surface area (Å²) in [4.78, 5) is 39.1. The molecule has 12 heteroatoms. The standard InChI is InChI=1S/C34H56N2O9S/c1-32-10-8-26(38)31(46-20-9-29(41)36-13-4-15-44-17-19-45-18-16-43-14-3-12-35)25(32)6-5-23-24-7-11-34(42,28(40)22-37)33(24,2)21-27(39)30(23)32/h23-24,27,30,37,39,42H,3-22,35H2,1-2H3,(H,36,41). The molecule has 7 atom stereocenters. The summed E-state index contributed by atoms with van der Waals surface area (Å²) in [6.45, 7) is 7.75. The molecule has 4 aliphatic carbocycles. The van der Waals surface area contributed by atoms with E-state index in [2.05, 4.69) is 12.2 Å². The maximum Gasteiger partial charge on any atom is 0.220 e. The fraction of sp³-hybridized carbons (Fsp3) is 0.853. The minimum absolute atomic E-state index is 0.0565. The Morgan fingerprint density at radius 3 is 2.35 bits per heavy atom. The van der Waals surface area contributed by atoms with E-state index in [-0.39, 0.29) is 34.9 Å². The quantitative estimate of drug-likeness (QED) is 0.127. The predicted octanol–water partition coefficient (Wildman–Crippen LogP) is 2.14. The molecule has 4 aliphatic rings. The number of ether oxygens (including phenoxy) is 3. The van der Waals surface area contributed by atoms with Gasteiger partial charge in [0.1, 0.15) is 12.2 Å². The van der Waals surface area contributed by atoms with Crippen molar-refractivity contribution in [1.29, 1.82) is 0 Å². The van der Waals surface area contributed by atoms with Gasteiger partial charge in [0, 0.05) is 43.8 Å². The summed E-state index contributed by atoms with van der Waals surface area (Å²) >= 11 is 1.47. The maximum absolute atomic E-state index is 13.2. The number of carbonyl (C=O) groups excluding carboxylic acids is 3. The van der Waals surface area contributed by atoms with Crippen molar-refractivity contribution < 1.29 is 43.9 Å². The molecule has 0 radical (unpaired) electrons. The molecule has 7 unspecified atom stereocenters. The van der Waals surface area contributed by atoms with Crippen molar-refractivity contribution in [1.82, 2.24) is 5.32 Å². The zero-order chi connectivity index (χ0) is 33.4. The van der Waals surface area contributed by atoms with Crippen LogP contribution in [-0.4, -0.2) is 110 Å². The molecule has 1 amide bonds. The number of carbonyl (C=O) groups is 3. The van der Waals surface area contributed by atoms with Crippen LogP contribution >= 0.6 is 11.8 Å². The Labute approximate surface area is 277 Å². The average Bonchev–Trinajstić information content (AvgIpc) is 3.30. The van der Waals surface area contributed by atoms with E-state index in [1.54, 1.807) is 0 Å². The Morgan fingerprint density at radius 2 is 1.67 bits per heavy atom. The normalized spacial score (nSPS) is 33.8. The first-order valence-corrected chi connectivity index (χ1v) is 18.2. The van der Waals surface area contributed by atoms with E-state index in [0.29, 0.717) is 103 Å². The first kappa shape index (κ1) is 37.4. The highest BCUT2D eigenvalue weighted by Crippen LogP contribution is 2.68. The number of amides is 1. The van der Waals surface area contributed by atoms with Gasteiger partial charge < -0.3 is 40.6 Å². The molecule has 0 saturated heterocycles. The van der Waals surface area contributed by atoms with Crippen LogP contribution in [0.15, 0.2) is 10.5 Å². The van der Waals surface area contributed by atoms with Crippen molar-refractivity contribution in [3.8, 4) is 0 Å². The van der Waals surface area contributed by atoms with E-state index in [9.17, 15) is 29.7 Å². The Kier molecular flexibility index (Phi) is 13.7. The van der Waals surface area contributed by atoms with Crippen molar-refractivity contribution in [2.45, 2.75) is 89.8 Å². The zero-order valence-corrected chi connectivity index (χ0v) is 28.5. The number of nitrogens with one attached hydrogen (secondary N) is 1. The molecule has 6 N–H and O–H groups in total. The largest absolute Gasteiger partial charge is 0.393 e. The van der Waals surface area contributed by atoms with Crippen molar-refractivity contribution in [3.63, 3.8) is 0 Å². The van der Waals surface area contributed by atoms with Crippen LogP contribution in [0.4, 0.5) is 0 Å². The Balaban J connectivity index is 1.22. The number of ketones is 2. The van der Waals surface area contributed by atoms with Crippen LogP contribution in [0, 0.1) is 28.6 Å². The minimum atomic E-state index is -1.62. The number of fused-ring (bicyclic) bond motifs is 5. The second-order valence-electron chi connectivity index (χ2n) is 13.9. The van der Waals surface area contributed by atoms with Gasteiger partial charge in [0.05, 0.1) is 37.4 Å². The smallest absolute Gasteiger partial charge is 0.220 e. The van der Waals surface area contributed by atoms with Gasteiger partial charge in [-0.3, -0.25) is 14.4 Å². The molecule has 11 nitrogen and oxygen atoms in total. The molecule has 262 valence electrons. The van der Waals surface area contributed by atoms with Gasteiger partial charge in [0.15, 0.2) is 11.6 Å². The lowest BCUT2D eigenvalue weighted by Gasteiger charge is -2.60. The SMILES string of the molecule is CC12CCC(=O)C(SCCC(=O)NCCCOCCOCCOCCCN)=C1CCC1C2C(O)CC2(C)C1CCC2(O)C(=O)CO. The number of aliphatic hydroxyl groups excluding tert-OH is 2. The van der Waals surface area contributed by atoms with Gasteiger partial charge in [0.2, 0.25) is 5.91 Å². The van der Waals surface area contributed by atoms with Gasteiger partial charge in [-0.1, -0.05) is 13.8 Å². The summed E-state index contributed by atoms with van der Waals surface area (Å²) in [5.41, 5.74) is 3.76. The van der Waals surface area contributed by atoms with Crippen molar-refractivity contribution >= 4 is 29.2 Å². The summed E-state index contributed by atoms with van der Waals surface area (Å²) in [6.07, 6.45) is 5.01. The monoisotopic (exact) mass is 668 g/mol. The predicted molar refractivity (Wildman–Crippen MR) is 175 cm³/mol. The van der Waals surface area contributed by atoms with Crippen LogP contribution in [0.3, 0.4) is 0 Å². The topological polar surface area (TPSA) is 178 Å². The lowest BCUT2D eigenvalue weighted by Crippen LogP contribution is -2.62. The summed E-state index contributed by atoms with van der Waals surface area (Å²) in [5, 5.41) is 35.6. The van der Waals surface area contributed by atoms with Crippen molar-refractivity contribution in [2.24, 2.45) is 34.3 Å². The molecule has 0 aromatic heterocycles. The Morgan fingerprint density at radius 1 is 1.00 bits per heavy atom. The second kappa shape index (κ2) is 16.8. The first-order chi connectivity index (χ1) is 22.0. The molecule has 46 heavy (non-hydrogen) atoms. The molecule has 4 rings (SSSR count). The lowest BCUT2D eigenvalue weighted by molar-refractivity contribution is -0.182. The highest BCUT2D eigenvalue weighted by atomic mass is 32.2. The van der Waals surface area contributed by atoms with Gasteiger partial charge in [-0.05, 0) is 86.7 Å². The summed E-state index contributed by atoms with van der Waals surface area (Å²) in [7, 11) is 0. The number of allylic oxidation sites excluding steroid dienone is 1. The van der Waals surface area contributed by atoms with E-state index in [1.165, 1.54) is 11.8 Å². The number of hydrogen-bond donors (Lipinski definition) is 5. The summed E-state index contributed by atoms with van der Waals surface area (Å²) in [5.74, 6) is 0.132. The van der Waals surface area contributed by atoms with Crippen LogP contribution in [0.5, 0.6) is 0 Å². The minimum Gasteiger partial charge on any atom is -0.393 e. The van der Waals surface area contributed by atoms with E-state index in [0.717, 1.165) is 29.7 Å². The van der Waals surface area contributed by atoms with E-state index >= 15 is 0 Å². The Bertz CT molecular complexity index is 1100. The highest BCUT2D eigenvalue weighted by Gasteiger charge is 2.68. The molecule has 3 saturated carbocycles. The molecular formula is C34H56N2O9S. The molecule has 0 aromatic carbocycles. The third-order valence-electron chi connectivity index (χ3n) is 11.4. The maximum atomic E-state index is 13.2. The molecule has 0 heterocycles. The number of Topliss-reactive ketones (excluding diaryl/α,β-unsaturated/α-hetero) is 2. The average molecular weight is 669 g/mol. The summed E-state index contributed by atoms with van der Waals surface area (Å²) < 4.78 is 16.4. The zero-order valence-electron chi connectivity index (χ0n) is 27.7. The fourth-order valence-corrected chi connectivity index (χ4v) is 10.3. The van der Waals surface area contributed by atoms with Gasteiger partial charge >= 0.3 is 0 Å². The van der Waals surface area contributed by atoms with Gasteiger partial charge in [-0.15, -0.1) is 11.8 Å². The van der Waals surface area contributed by atoms with Crippen molar-refractivity contribution in [2.75, 3.05) is 65.1 Å². The molecule has 0 aromatic rings. The van der Waals surface area contributed by atoms with Crippen LogP contribution < -0.4 is 11.1 Å². The lowest BCUT2D eigenvalue weighted by atomic mass is 9.45. The number of rotatable bonds is 19. The Hall–Kier alpha value is -1.38. The fourth-order valence-electron chi connectivity index (χ4n) is 9.02. The molecular weight excluding hydrogens is 612 g/mol. The second-order valence-corrected chi connectivity index (χ2v) is 15.0. The molecule has 0 spiro atoms. The number of thioether (sulfide) groups is 1. The van der Waals surface area contributed by atoms with Crippen LogP contribution in [0.25, 0.3) is 0 Å². The van der Waals surface area contributed by atoms with Gasteiger partial charge in [-0.25, -0.2) is 0 Å². The highest BCUT2D eigenvalue weighted by molar-refractivity contribution is 8.04. The van der Waals surface area contributed by atoms with Gasteiger partial charge in [-0.2, -0.15) is 0 Å². The number of hydrogen-bond acceptors (Lipinski definition) is 11. The van der Waals surface area contributed by atoms with E-state index in [1.807, 2.05) is 6.92 Å². The van der Waals surface area contributed by atoms with Crippen LogP contribution in [0.1, 0.15) is 78.1 Å². The van der Waals surface area contributed by atoms with Crippen LogP contribution in [0.2, 0.25) is 0 Å². The first-order valence-electron chi connectivity index (χ1n) is 17.2. The molecule has 0 aliphatic heterocycles. The molecule has 3 fully saturated rings. The molecule has 0 bridgehead atoms. The van der Waals surface area contributed by atoms with Gasteiger partial charge in [0.25, 0.3) is 0 Å². The van der Waals surface area contributed by atoms with Crippen LogP contribution in [-0.2, 0) is 28.6 Å². The number of aliphatic hydroxyl groups is 3. The van der Waals surface area contributed by atoms with Crippen molar-refractivity contribution in [3.05, 3.63) is 10.5 Å². The summed E-state index contributed by atoms with van der Waals surface area (Å²) in [6, 6.07) is 0. The van der Waals surface area contributed by atoms with E-state index < -0.39 is 29.5 Å².